The fourth-order valence-corrected chi connectivity index (χ4v) is 3.07. The minimum atomic E-state index is -0.622. The summed E-state index contributed by atoms with van der Waals surface area (Å²) in [5.74, 6) is 0.571. The van der Waals surface area contributed by atoms with Gasteiger partial charge in [0, 0.05) is 6.54 Å². The summed E-state index contributed by atoms with van der Waals surface area (Å²) in [6.45, 7) is 4.65. The molecule has 0 bridgehead atoms. The summed E-state index contributed by atoms with van der Waals surface area (Å²) in [4.78, 5) is 26.2. The van der Waals surface area contributed by atoms with Crippen LogP contribution in [0.1, 0.15) is 25.5 Å². The second kappa shape index (κ2) is 6.52. The maximum Gasteiger partial charge on any atom is 0.319 e. The number of carbonyl (C=O) groups is 2. The van der Waals surface area contributed by atoms with E-state index >= 15 is 0 Å². The molecule has 3 N–H and O–H groups in total. The van der Waals surface area contributed by atoms with Crippen LogP contribution in [0.3, 0.4) is 0 Å². The number of carbonyl (C=O) groups excluding carboxylic acids is 2. The zero-order valence-electron chi connectivity index (χ0n) is 13.7. The lowest BCUT2D eigenvalue weighted by molar-refractivity contribution is -0.126. The van der Waals surface area contributed by atoms with E-state index in [1.54, 1.807) is 11.8 Å². The first kappa shape index (κ1) is 16.3. The third-order valence-corrected chi connectivity index (χ3v) is 4.03. The molecule has 0 fully saturated rings. The predicted octanol–water partition coefficient (Wildman–Crippen LogP) is 0.916. The van der Waals surface area contributed by atoms with E-state index in [-0.39, 0.29) is 18.5 Å². The van der Waals surface area contributed by atoms with Crippen LogP contribution >= 0.6 is 0 Å². The summed E-state index contributed by atoms with van der Waals surface area (Å²) in [7, 11) is 0. The second-order valence-electron chi connectivity index (χ2n) is 5.96. The largest absolute Gasteiger partial charge is 0.494 e. The number of hydrogen-bond donors (Lipinski definition) is 3. The van der Waals surface area contributed by atoms with Crippen LogP contribution in [0.2, 0.25) is 0 Å². The topological polar surface area (TPSA) is 90.9 Å². The molecule has 7 heteroatoms. The van der Waals surface area contributed by atoms with Gasteiger partial charge in [0.2, 0.25) is 0 Å². The Labute approximate surface area is 140 Å². The third kappa shape index (κ3) is 3.07. The number of nitrogens with one attached hydrogen (secondary N) is 2. The van der Waals surface area contributed by atoms with Crippen molar-refractivity contribution in [1.29, 1.82) is 0 Å². The van der Waals surface area contributed by atoms with E-state index < -0.39 is 12.1 Å². The maximum absolute atomic E-state index is 12.7. The van der Waals surface area contributed by atoms with Crippen molar-refractivity contribution in [3.8, 4) is 5.75 Å². The zero-order chi connectivity index (χ0) is 17.3. The number of rotatable bonds is 5. The lowest BCUT2D eigenvalue weighted by atomic mass is 9.96. The molecule has 1 aromatic carbocycles. The van der Waals surface area contributed by atoms with Gasteiger partial charge in [-0.1, -0.05) is 12.1 Å². The van der Waals surface area contributed by atoms with Crippen LogP contribution in [0.15, 0.2) is 35.5 Å². The molecule has 7 nitrogen and oxygen atoms in total. The summed E-state index contributed by atoms with van der Waals surface area (Å²) in [6, 6.07) is 6.49. The summed E-state index contributed by atoms with van der Waals surface area (Å²) < 4.78 is 5.42. The quantitative estimate of drug-likeness (QED) is 0.748. The van der Waals surface area contributed by atoms with Gasteiger partial charge in [-0.2, -0.15) is 0 Å². The molecule has 24 heavy (non-hydrogen) atoms. The van der Waals surface area contributed by atoms with Crippen LogP contribution in [0, 0.1) is 0 Å². The van der Waals surface area contributed by atoms with Gasteiger partial charge in [0.05, 0.1) is 36.6 Å². The van der Waals surface area contributed by atoms with Crippen molar-refractivity contribution in [1.82, 2.24) is 15.5 Å². The standard InChI is InChI=1S/C17H21N3O4/c1-3-24-12-6-4-11(5-7-12)15-14-13(18-17(23)19-15)9-20(16(14)22)8-10(2)21/h4-7,10,15,21H,3,8-9H2,1-2H3,(H2,18,19,23)/t10-,15-/m1/s1. The summed E-state index contributed by atoms with van der Waals surface area (Å²) in [6.07, 6.45) is -0.622. The molecule has 0 unspecified atom stereocenters. The van der Waals surface area contributed by atoms with E-state index in [0.29, 0.717) is 24.4 Å². The number of hydrogen-bond acceptors (Lipinski definition) is 4. The number of aliphatic hydroxyl groups excluding tert-OH is 1. The molecule has 3 rings (SSSR count). The van der Waals surface area contributed by atoms with Gasteiger partial charge in [-0.15, -0.1) is 0 Å². The monoisotopic (exact) mass is 331 g/mol. The maximum atomic E-state index is 12.7. The molecule has 0 radical (unpaired) electrons. The number of urea groups is 1. The average molecular weight is 331 g/mol. The molecule has 2 atom stereocenters. The van der Waals surface area contributed by atoms with Crippen LogP contribution in [0.5, 0.6) is 5.75 Å². The van der Waals surface area contributed by atoms with Crippen LogP contribution in [-0.4, -0.2) is 47.7 Å². The third-order valence-electron chi connectivity index (χ3n) is 4.03. The van der Waals surface area contributed by atoms with Gasteiger partial charge in [0.25, 0.3) is 5.91 Å². The SMILES string of the molecule is CCOc1ccc([C@H]2NC(=O)NC3=C2C(=O)N(C[C@@H](C)O)C3)cc1. The highest BCUT2D eigenvalue weighted by atomic mass is 16.5. The molecule has 0 aliphatic carbocycles. The lowest BCUT2D eigenvalue weighted by Gasteiger charge is -2.25. The van der Waals surface area contributed by atoms with Crippen molar-refractivity contribution in [3.05, 3.63) is 41.1 Å². The van der Waals surface area contributed by atoms with E-state index in [2.05, 4.69) is 10.6 Å². The molecule has 3 amide bonds. The van der Waals surface area contributed by atoms with Gasteiger partial charge in [0.1, 0.15) is 5.75 Å². The fourth-order valence-electron chi connectivity index (χ4n) is 3.07. The highest BCUT2D eigenvalue weighted by Crippen LogP contribution is 2.33. The molecule has 2 aliphatic rings. The highest BCUT2D eigenvalue weighted by Gasteiger charge is 2.40. The molecular weight excluding hydrogens is 310 g/mol. The zero-order valence-corrected chi connectivity index (χ0v) is 13.7. The molecular formula is C17H21N3O4. The summed E-state index contributed by atoms with van der Waals surface area (Å²) in [5, 5.41) is 15.1. The van der Waals surface area contributed by atoms with Gasteiger partial charge in [-0.25, -0.2) is 4.79 Å². The minimum Gasteiger partial charge on any atom is -0.494 e. The van der Waals surface area contributed by atoms with Gasteiger partial charge < -0.3 is 25.4 Å². The smallest absolute Gasteiger partial charge is 0.319 e. The number of ether oxygens (including phenoxy) is 1. The molecule has 1 aromatic rings. The Bertz CT molecular complexity index is 682. The number of aliphatic hydroxyl groups is 1. The van der Waals surface area contributed by atoms with Gasteiger partial charge >= 0.3 is 6.03 Å². The summed E-state index contributed by atoms with van der Waals surface area (Å²) in [5.41, 5.74) is 1.94. The number of nitrogens with zero attached hydrogens (tertiary/aromatic N) is 1. The number of β-amino-alcohol motifs (C(OH)–C–C–N with tert-alkyl or cyclic N) is 1. The predicted molar refractivity (Wildman–Crippen MR) is 87.3 cm³/mol. The van der Waals surface area contributed by atoms with Crippen molar-refractivity contribution in [2.75, 3.05) is 19.7 Å². The molecule has 2 heterocycles. The van der Waals surface area contributed by atoms with Crippen molar-refractivity contribution >= 4 is 11.9 Å². The highest BCUT2D eigenvalue weighted by molar-refractivity contribution is 6.01. The lowest BCUT2D eigenvalue weighted by Crippen LogP contribution is -2.44. The van der Waals surface area contributed by atoms with Crippen molar-refractivity contribution in [2.24, 2.45) is 0 Å². The first-order valence-corrected chi connectivity index (χ1v) is 8.00. The number of benzene rings is 1. The Morgan fingerprint density at radius 2 is 2.04 bits per heavy atom. The van der Waals surface area contributed by atoms with E-state index in [1.165, 1.54) is 0 Å². The number of amides is 3. The van der Waals surface area contributed by atoms with E-state index in [9.17, 15) is 14.7 Å². The first-order valence-electron chi connectivity index (χ1n) is 8.00. The van der Waals surface area contributed by atoms with Crippen LogP contribution in [0.25, 0.3) is 0 Å². The van der Waals surface area contributed by atoms with Crippen molar-refractivity contribution < 1.29 is 19.4 Å². The van der Waals surface area contributed by atoms with Gasteiger partial charge in [0.15, 0.2) is 0 Å². The van der Waals surface area contributed by atoms with E-state index in [1.807, 2.05) is 31.2 Å². The normalized spacial score (nSPS) is 21.3. The Morgan fingerprint density at radius 1 is 1.33 bits per heavy atom. The van der Waals surface area contributed by atoms with Gasteiger partial charge in [-0.05, 0) is 31.5 Å². The molecule has 0 spiro atoms. The van der Waals surface area contributed by atoms with E-state index in [0.717, 1.165) is 11.3 Å². The van der Waals surface area contributed by atoms with Gasteiger partial charge in [-0.3, -0.25) is 4.79 Å². The fraction of sp³-hybridized carbons (Fsp3) is 0.412. The Kier molecular flexibility index (Phi) is 4.44. The Hall–Kier alpha value is -2.54. The first-order chi connectivity index (χ1) is 11.5. The van der Waals surface area contributed by atoms with Crippen LogP contribution in [-0.2, 0) is 4.79 Å². The Morgan fingerprint density at radius 3 is 2.67 bits per heavy atom. The van der Waals surface area contributed by atoms with Crippen molar-refractivity contribution in [2.45, 2.75) is 26.0 Å². The molecule has 0 aromatic heterocycles. The van der Waals surface area contributed by atoms with Crippen LogP contribution < -0.4 is 15.4 Å². The van der Waals surface area contributed by atoms with Crippen molar-refractivity contribution in [3.63, 3.8) is 0 Å². The second-order valence-corrected chi connectivity index (χ2v) is 5.96. The molecule has 2 aliphatic heterocycles. The van der Waals surface area contributed by atoms with E-state index in [4.69, 9.17) is 4.74 Å². The molecule has 0 saturated heterocycles. The Balaban J connectivity index is 1.88. The molecule has 0 saturated carbocycles. The van der Waals surface area contributed by atoms with Crippen LogP contribution in [0.4, 0.5) is 4.79 Å². The minimum absolute atomic E-state index is 0.169. The average Bonchev–Trinajstić information content (AvgIpc) is 2.83. The molecule has 128 valence electrons. The summed E-state index contributed by atoms with van der Waals surface area (Å²) >= 11 is 0.